The second-order valence-corrected chi connectivity index (χ2v) is 8.29. The monoisotopic (exact) mass is 470 g/mol. The van der Waals surface area contributed by atoms with Crippen LogP contribution >= 0.6 is 0 Å². The van der Waals surface area contributed by atoms with Crippen molar-refractivity contribution in [2.75, 3.05) is 13.2 Å². The summed E-state index contributed by atoms with van der Waals surface area (Å²) < 4.78 is 59.4. The summed E-state index contributed by atoms with van der Waals surface area (Å²) in [6.45, 7) is 4.49. The molecule has 0 bridgehead atoms. The van der Waals surface area contributed by atoms with Crippen molar-refractivity contribution in [3.63, 3.8) is 0 Å². The molecule has 7 heteroatoms. The summed E-state index contributed by atoms with van der Waals surface area (Å²) in [7, 11) is 0. The second-order valence-electron chi connectivity index (χ2n) is 8.29. The lowest BCUT2D eigenvalue weighted by Gasteiger charge is -2.26. The summed E-state index contributed by atoms with van der Waals surface area (Å²) in [6.07, 6.45) is 0.888. The van der Waals surface area contributed by atoms with E-state index in [1.807, 2.05) is 0 Å². The van der Waals surface area contributed by atoms with Crippen molar-refractivity contribution in [2.45, 2.75) is 33.0 Å². The van der Waals surface area contributed by atoms with E-state index in [4.69, 9.17) is 14.2 Å². The normalized spacial score (nSPS) is 17.9. The van der Waals surface area contributed by atoms with E-state index in [1.54, 1.807) is 31.2 Å². The van der Waals surface area contributed by atoms with Crippen molar-refractivity contribution in [3.05, 3.63) is 77.6 Å². The van der Waals surface area contributed by atoms with Crippen LogP contribution < -0.4 is 4.74 Å². The van der Waals surface area contributed by atoms with Crippen LogP contribution in [-0.2, 0) is 9.47 Å². The molecule has 1 aliphatic heterocycles. The number of esters is 1. The molecule has 2 atom stereocenters. The fraction of sp³-hybridized carbons (Fsp3) is 0.296. The van der Waals surface area contributed by atoms with Gasteiger partial charge in [0.05, 0.1) is 18.8 Å². The largest absolute Gasteiger partial charge is 0.491 e. The minimum absolute atomic E-state index is 0.0744. The molecule has 0 saturated carbocycles. The summed E-state index contributed by atoms with van der Waals surface area (Å²) >= 11 is 0. The number of carbonyl (C=O) groups is 1. The van der Waals surface area contributed by atoms with E-state index in [1.165, 1.54) is 24.3 Å². The zero-order chi connectivity index (χ0) is 24.2. The van der Waals surface area contributed by atoms with Crippen molar-refractivity contribution in [1.29, 1.82) is 0 Å². The summed E-state index contributed by atoms with van der Waals surface area (Å²) in [5.41, 5.74) is 1.39. The minimum atomic E-state index is -1.05. The number of hydrogen-bond donors (Lipinski definition) is 0. The first-order valence-corrected chi connectivity index (χ1v) is 11.2. The van der Waals surface area contributed by atoms with Gasteiger partial charge in [-0.25, -0.2) is 13.6 Å². The standard InChI is InChI=1S/C27H25F3O4/c1-3-32-23-12-11-21(25(29)26(23)30)18-7-5-17(6-8-18)20-10-9-19(14-22(20)28)27(31)34-24-13-4-16(2)15-33-24/h5-12,14,16,24H,3-4,13,15H2,1-2H3. The third kappa shape index (κ3) is 5.09. The van der Waals surface area contributed by atoms with Crippen LogP contribution in [0, 0.1) is 23.4 Å². The first-order chi connectivity index (χ1) is 16.4. The number of halogens is 3. The molecule has 0 amide bonds. The molecule has 2 unspecified atom stereocenters. The third-order valence-corrected chi connectivity index (χ3v) is 5.76. The molecule has 34 heavy (non-hydrogen) atoms. The van der Waals surface area contributed by atoms with Gasteiger partial charge in [-0.15, -0.1) is 0 Å². The average Bonchev–Trinajstić information content (AvgIpc) is 2.84. The first kappa shape index (κ1) is 23.8. The Labute approximate surface area is 196 Å². The molecule has 1 fully saturated rings. The molecule has 178 valence electrons. The van der Waals surface area contributed by atoms with E-state index in [-0.39, 0.29) is 29.0 Å². The van der Waals surface area contributed by atoms with Gasteiger partial charge in [0.2, 0.25) is 12.1 Å². The van der Waals surface area contributed by atoms with Gasteiger partial charge >= 0.3 is 5.97 Å². The molecular formula is C27H25F3O4. The maximum absolute atomic E-state index is 14.8. The van der Waals surface area contributed by atoms with Gasteiger partial charge < -0.3 is 14.2 Å². The van der Waals surface area contributed by atoms with Crippen LogP contribution in [0.5, 0.6) is 5.75 Å². The Hall–Kier alpha value is -3.32. The van der Waals surface area contributed by atoms with Crippen LogP contribution in [-0.4, -0.2) is 25.5 Å². The van der Waals surface area contributed by atoms with Crippen LogP contribution in [0.3, 0.4) is 0 Å². The Kier molecular flexibility index (Phi) is 7.22. The van der Waals surface area contributed by atoms with Gasteiger partial charge in [-0.3, -0.25) is 0 Å². The molecule has 0 spiro atoms. The minimum Gasteiger partial charge on any atom is -0.491 e. The number of benzene rings is 3. The maximum Gasteiger partial charge on any atom is 0.340 e. The molecule has 0 aliphatic carbocycles. The van der Waals surface area contributed by atoms with Gasteiger partial charge in [0.25, 0.3) is 0 Å². The summed E-state index contributed by atoms with van der Waals surface area (Å²) in [5, 5.41) is 0. The Balaban J connectivity index is 1.50. The molecule has 1 aliphatic rings. The van der Waals surface area contributed by atoms with Crippen molar-refractivity contribution in [3.8, 4) is 28.0 Å². The highest BCUT2D eigenvalue weighted by atomic mass is 19.2. The van der Waals surface area contributed by atoms with Gasteiger partial charge in [-0.2, -0.15) is 4.39 Å². The zero-order valence-electron chi connectivity index (χ0n) is 18.9. The quantitative estimate of drug-likeness (QED) is 0.373. The third-order valence-electron chi connectivity index (χ3n) is 5.76. The van der Waals surface area contributed by atoms with Crippen LogP contribution in [0.25, 0.3) is 22.3 Å². The first-order valence-electron chi connectivity index (χ1n) is 11.2. The molecule has 0 radical (unpaired) electrons. The van der Waals surface area contributed by atoms with Crippen LogP contribution in [0.2, 0.25) is 0 Å². The van der Waals surface area contributed by atoms with Gasteiger partial charge in [-0.1, -0.05) is 37.3 Å². The zero-order valence-corrected chi connectivity index (χ0v) is 18.9. The van der Waals surface area contributed by atoms with Gasteiger partial charge in [0.15, 0.2) is 11.6 Å². The van der Waals surface area contributed by atoms with Crippen LogP contribution in [0.4, 0.5) is 13.2 Å². The van der Waals surface area contributed by atoms with E-state index >= 15 is 0 Å². The van der Waals surface area contributed by atoms with E-state index in [0.29, 0.717) is 30.1 Å². The van der Waals surface area contributed by atoms with Gasteiger partial charge in [0, 0.05) is 17.5 Å². The Bertz CT molecular complexity index is 1170. The van der Waals surface area contributed by atoms with Crippen LogP contribution in [0.1, 0.15) is 37.0 Å². The van der Waals surface area contributed by atoms with Gasteiger partial charge in [-0.05, 0) is 54.7 Å². The number of ether oxygens (including phenoxy) is 3. The molecular weight excluding hydrogens is 445 g/mol. The average molecular weight is 470 g/mol. The molecule has 1 heterocycles. The van der Waals surface area contributed by atoms with E-state index < -0.39 is 29.7 Å². The highest BCUT2D eigenvalue weighted by Crippen LogP contribution is 2.32. The summed E-state index contributed by atoms with van der Waals surface area (Å²) in [5.74, 6) is -3.03. The molecule has 4 rings (SSSR count). The van der Waals surface area contributed by atoms with E-state index in [0.717, 1.165) is 12.5 Å². The van der Waals surface area contributed by atoms with Crippen molar-refractivity contribution >= 4 is 5.97 Å². The molecule has 0 N–H and O–H groups in total. The van der Waals surface area contributed by atoms with E-state index in [9.17, 15) is 18.0 Å². The fourth-order valence-electron chi connectivity index (χ4n) is 3.87. The fourth-order valence-corrected chi connectivity index (χ4v) is 3.87. The molecule has 1 saturated heterocycles. The summed E-state index contributed by atoms with van der Waals surface area (Å²) in [4.78, 5) is 12.4. The van der Waals surface area contributed by atoms with Crippen LogP contribution in [0.15, 0.2) is 54.6 Å². The maximum atomic E-state index is 14.8. The number of carbonyl (C=O) groups excluding carboxylic acids is 1. The van der Waals surface area contributed by atoms with Crippen molar-refractivity contribution in [2.24, 2.45) is 5.92 Å². The smallest absolute Gasteiger partial charge is 0.340 e. The van der Waals surface area contributed by atoms with E-state index in [2.05, 4.69) is 6.92 Å². The predicted molar refractivity (Wildman–Crippen MR) is 122 cm³/mol. The highest BCUT2D eigenvalue weighted by Gasteiger charge is 2.23. The number of rotatable bonds is 6. The van der Waals surface area contributed by atoms with Gasteiger partial charge in [0.1, 0.15) is 5.82 Å². The highest BCUT2D eigenvalue weighted by molar-refractivity contribution is 5.90. The summed E-state index contributed by atoms with van der Waals surface area (Å²) in [6, 6.07) is 13.3. The number of hydrogen-bond acceptors (Lipinski definition) is 4. The topological polar surface area (TPSA) is 44.8 Å². The van der Waals surface area contributed by atoms with Crippen molar-refractivity contribution in [1.82, 2.24) is 0 Å². The lowest BCUT2D eigenvalue weighted by molar-refractivity contribution is -0.143. The molecule has 3 aromatic carbocycles. The SMILES string of the molecule is CCOc1ccc(-c2ccc(-c3ccc(C(=O)OC4CCC(C)CO4)cc3F)cc2)c(F)c1F. The Morgan fingerprint density at radius 2 is 1.62 bits per heavy atom. The molecule has 0 aromatic heterocycles. The lowest BCUT2D eigenvalue weighted by Crippen LogP contribution is -2.29. The second kappa shape index (κ2) is 10.3. The molecule has 3 aromatic rings. The Morgan fingerprint density at radius 1 is 0.941 bits per heavy atom. The predicted octanol–water partition coefficient (Wildman–Crippen LogP) is 6.77. The lowest BCUT2D eigenvalue weighted by atomic mass is 9.98. The molecule has 4 nitrogen and oxygen atoms in total. The van der Waals surface area contributed by atoms with Crippen molar-refractivity contribution < 1.29 is 32.2 Å². The Morgan fingerprint density at radius 3 is 2.24 bits per heavy atom.